The number of alkyl halides is 3. The number of nitrogens with zero attached hydrogens (tertiary/aromatic N) is 3. The van der Waals surface area contributed by atoms with E-state index in [-0.39, 0.29) is 22.6 Å². The molecular weight excluding hydrogens is 401 g/mol. The molecule has 30 heavy (non-hydrogen) atoms. The molecule has 10 heteroatoms. The molecule has 2 heterocycles. The number of halogens is 3. The molecule has 1 N–H and O–H groups in total. The van der Waals surface area contributed by atoms with E-state index in [2.05, 4.69) is 15.6 Å². The van der Waals surface area contributed by atoms with Crippen LogP contribution in [-0.4, -0.2) is 20.8 Å². The number of hydrogen-bond acceptors (Lipinski definition) is 5. The fraction of sp³-hybridized carbons (Fsp3) is 0.300. The molecule has 2 aromatic heterocycles. The summed E-state index contributed by atoms with van der Waals surface area (Å²) in [4.78, 5) is 24.9. The second-order valence-corrected chi connectivity index (χ2v) is 7.71. The fourth-order valence-corrected chi connectivity index (χ4v) is 2.71. The summed E-state index contributed by atoms with van der Waals surface area (Å²) in [6, 6.07) is 7.32. The van der Waals surface area contributed by atoms with Crippen LogP contribution < -0.4 is 10.7 Å². The van der Waals surface area contributed by atoms with Crippen molar-refractivity contribution in [1.29, 1.82) is 0 Å². The minimum Gasteiger partial charge on any atom is -0.359 e. The van der Waals surface area contributed by atoms with E-state index in [1.165, 1.54) is 31.2 Å². The molecule has 0 radical (unpaired) electrons. The normalized spacial score (nSPS) is 12.1. The number of anilines is 1. The molecule has 3 aromatic rings. The molecule has 7 nitrogen and oxygen atoms in total. The highest BCUT2D eigenvalue weighted by atomic mass is 19.4. The summed E-state index contributed by atoms with van der Waals surface area (Å²) in [7, 11) is 0. The van der Waals surface area contributed by atoms with E-state index < -0.39 is 28.8 Å². The van der Waals surface area contributed by atoms with E-state index in [1.807, 2.05) is 20.8 Å². The highest BCUT2D eigenvalue weighted by Crippen LogP contribution is 2.33. The number of hydrogen-bond donors (Lipinski definition) is 1. The van der Waals surface area contributed by atoms with Gasteiger partial charge in [-0.25, -0.2) is 4.68 Å². The predicted molar refractivity (Wildman–Crippen MR) is 103 cm³/mol. The summed E-state index contributed by atoms with van der Waals surface area (Å²) in [6.45, 7) is 7.09. The van der Waals surface area contributed by atoms with Gasteiger partial charge in [0.1, 0.15) is 5.76 Å². The maximum Gasteiger partial charge on any atom is 0.418 e. The van der Waals surface area contributed by atoms with Gasteiger partial charge in [-0.05, 0) is 19.1 Å². The molecule has 0 aliphatic carbocycles. The zero-order chi connectivity index (χ0) is 22.3. The summed E-state index contributed by atoms with van der Waals surface area (Å²) in [5, 5.41) is 10.0. The third kappa shape index (κ3) is 4.27. The molecule has 0 aliphatic rings. The fourth-order valence-electron chi connectivity index (χ4n) is 2.71. The van der Waals surface area contributed by atoms with Gasteiger partial charge in [0.15, 0.2) is 11.5 Å². The summed E-state index contributed by atoms with van der Waals surface area (Å²) in [5.41, 5.74) is -2.76. The number of amides is 1. The number of rotatable bonds is 3. The lowest BCUT2D eigenvalue weighted by molar-refractivity contribution is -0.137. The van der Waals surface area contributed by atoms with Crippen molar-refractivity contribution in [2.24, 2.45) is 0 Å². The van der Waals surface area contributed by atoms with Crippen LogP contribution in [-0.2, 0) is 11.6 Å². The first-order valence-electron chi connectivity index (χ1n) is 8.94. The molecule has 0 saturated carbocycles. The maximum absolute atomic E-state index is 13.4. The Morgan fingerprint density at radius 2 is 1.80 bits per heavy atom. The summed E-state index contributed by atoms with van der Waals surface area (Å²) >= 11 is 0. The van der Waals surface area contributed by atoms with Crippen molar-refractivity contribution in [1.82, 2.24) is 14.9 Å². The van der Waals surface area contributed by atoms with Crippen LogP contribution in [0.2, 0.25) is 0 Å². The molecule has 0 aliphatic heterocycles. The third-order valence-electron chi connectivity index (χ3n) is 4.25. The Labute approximate surface area is 169 Å². The van der Waals surface area contributed by atoms with Crippen LogP contribution in [0.5, 0.6) is 0 Å². The summed E-state index contributed by atoms with van der Waals surface area (Å²) < 4.78 is 46.3. The van der Waals surface area contributed by atoms with E-state index in [4.69, 9.17) is 4.52 Å². The molecule has 0 unspecified atom stereocenters. The van der Waals surface area contributed by atoms with Gasteiger partial charge in [0.25, 0.3) is 5.91 Å². The van der Waals surface area contributed by atoms with Crippen molar-refractivity contribution in [3.05, 3.63) is 69.3 Å². The molecule has 0 spiro atoms. The minimum atomic E-state index is -4.64. The molecule has 0 fully saturated rings. The van der Waals surface area contributed by atoms with Gasteiger partial charge < -0.3 is 9.84 Å². The van der Waals surface area contributed by atoms with Crippen molar-refractivity contribution in [3.8, 4) is 5.69 Å². The van der Waals surface area contributed by atoms with E-state index >= 15 is 0 Å². The van der Waals surface area contributed by atoms with E-state index in [1.54, 1.807) is 0 Å². The van der Waals surface area contributed by atoms with Crippen LogP contribution in [0.25, 0.3) is 5.69 Å². The first-order chi connectivity index (χ1) is 13.9. The van der Waals surface area contributed by atoms with Crippen LogP contribution in [0, 0.1) is 6.92 Å². The van der Waals surface area contributed by atoms with Crippen LogP contribution in [0.3, 0.4) is 0 Å². The smallest absolute Gasteiger partial charge is 0.359 e. The minimum absolute atomic E-state index is 0.0638. The van der Waals surface area contributed by atoms with Gasteiger partial charge in [-0.15, -0.1) is 0 Å². The highest BCUT2D eigenvalue weighted by molar-refractivity contribution is 6.02. The second kappa shape index (κ2) is 7.43. The Kier molecular flexibility index (Phi) is 5.27. The first-order valence-corrected chi connectivity index (χ1v) is 8.94. The molecule has 0 bridgehead atoms. The van der Waals surface area contributed by atoms with Gasteiger partial charge in [-0.1, -0.05) is 38.1 Å². The molecule has 158 valence electrons. The Hall–Kier alpha value is -3.43. The maximum atomic E-state index is 13.4. The van der Waals surface area contributed by atoms with E-state index in [0.717, 1.165) is 16.8 Å². The van der Waals surface area contributed by atoms with E-state index in [0.29, 0.717) is 5.76 Å². The summed E-state index contributed by atoms with van der Waals surface area (Å²) in [5.74, 6) is -0.341. The van der Waals surface area contributed by atoms with Crippen molar-refractivity contribution >= 4 is 11.7 Å². The Morgan fingerprint density at radius 1 is 1.13 bits per heavy atom. The van der Waals surface area contributed by atoms with Crippen LogP contribution in [0.15, 0.2) is 45.7 Å². The van der Waals surface area contributed by atoms with E-state index in [9.17, 15) is 22.8 Å². The van der Waals surface area contributed by atoms with Gasteiger partial charge in [0, 0.05) is 23.2 Å². The number of benzene rings is 1. The van der Waals surface area contributed by atoms with Gasteiger partial charge in [-0.2, -0.15) is 18.3 Å². The molecule has 1 aromatic carbocycles. The van der Waals surface area contributed by atoms with Crippen LogP contribution >= 0.6 is 0 Å². The SMILES string of the molecule is Cc1cc(=O)c(C(=O)Nc2cc(C(C)(C)C)on2)nn1-c1ccccc1C(F)(F)F. The highest BCUT2D eigenvalue weighted by Gasteiger charge is 2.34. The average Bonchev–Trinajstić information content (AvgIpc) is 3.10. The predicted octanol–water partition coefficient (Wildman–Crippen LogP) is 4.10. The van der Waals surface area contributed by atoms with Gasteiger partial charge in [-0.3, -0.25) is 9.59 Å². The summed E-state index contributed by atoms with van der Waals surface area (Å²) in [6.07, 6.45) is -4.64. The second-order valence-electron chi connectivity index (χ2n) is 7.71. The zero-order valence-corrected chi connectivity index (χ0v) is 16.7. The number of carbonyl (C=O) groups excluding carboxylic acids is 1. The number of para-hydroxylation sites is 1. The topological polar surface area (TPSA) is 90.0 Å². The monoisotopic (exact) mass is 420 g/mol. The Balaban J connectivity index is 2.02. The van der Waals surface area contributed by atoms with Crippen molar-refractivity contribution in [2.45, 2.75) is 39.3 Å². The van der Waals surface area contributed by atoms with Gasteiger partial charge >= 0.3 is 6.18 Å². The standard InChI is InChI=1S/C20H19F3N4O3/c1-11-9-14(28)17(18(29)24-16-10-15(30-26-16)19(2,3)4)25-27(11)13-8-6-5-7-12(13)20(21,22)23/h5-10H,1-4H3,(H,24,26,29). The lowest BCUT2D eigenvalue weighted by atomic mass is 9.93. The van der Waals surface area contributed by atoms with Crippen molar-refractivity contribution in [3.63, 3.8) is 0 Å². The molecule has 1 amide bonds. The van der Waals surface area contributed by atoms with Gasteiger partial charge in [0.05, 0.1) is 11.3 Å². The number of aryl methyl sites for hydroxylation is 1. The Morgan fingerprint density at radius 3 is 2.40 bits per heavy atom. The molecule has 0 saturated heterocycles. The van der Waals surface area contributed by atoms with Crippen molar-refractivity contribution in [2.75, 3.05) is 5.32 Å². The number of nitrogens with one attached hydrogen (secondary N) is 1. The molecule has 0 atom stereocenters. The van der Waals surface area contributed by atoms with Crippen LogP contribution in [0.1, 0.15) is 48.3 Å². The lowest BCUT2D eigenvalue weighted by Gasteiger charge is -2.16. The number of carbonyl (C=O) groups is 1. The van der Waals surface area contributed by atoms with Gasteiger partial charge in [0.2, 0.25) is 5.43 Å². The zero-order valence-electron chi connectivity index (χ0n) is 16.7. The van der Waals surface area contributed by atoms with Crippen molar-refractivity contribution < 1.29 is 22.5 Å². The quantitative estimate of drug-likeness (QED) is 0.689. The number of aromatic nitrogens is 3. The molecule has 3 rings (SSSR count). The molecular formula is C20H19F3N4O3. The largest absolute Gasteiger partial charge is 0.418 e. The average molecular weight is 420 g/mol. The van der Waals surface area contributed by atoms with Crippen LogP contribution in [0.4, 0.5) is 19.0 Å². The lowest BCUT2D eigenvalue weighted by Crippen LogP contribution is -2.27. The third-order valence-corrected chi connectivity index (χ3v) is 4.25. The Bertz CT molecular complexity index is 1160. The first kappa shape index (κ1) is 21.3.